The lowest BCUT2D eigenvalue weighted by atomic mass is 9.83. The van der Waals surface area contributed by atoms with Crippen LogP contribution < -0.4 is 5.32 Å². The van der Waals surface area contributed by atoms with Gasteiger partial charge in [-0.1, -0.05) is 40.0 Å². The van der Waals surface area contributed by atoms with Crippen LogP contribution in [0.15, 0.2) is 12.1 Å². The largest absolute Gasteiger partial charge is 0.322 e. The van der Waals surface area contributed by atoms with E-state index in [0.29, 0.717) is 5.56 Å². The van der Waals surface area contributed by atoms with Crippen LogP contribution in [0.3, 0.4) is 0 Å². The lowest BCUT2D eigenvalue weighted by Gasteiger charge is -2.52. The summed E-state index contributed by atoms with van der Waals surface area (Å²) in [4.78, 5) is 14.1. The van der Waals surface area contributed by atoms with Gasteiger partial charge in [0.25, 0.3) is 5.91 Å². The predicted octanol–water partition coefficient (Wildman–Crippen LogP) is 6.95. The van der Waals surface area contributed by atoms with Crippen molar-refractivity contribution < 1.29 is 4.79 Å². The van der Waals surface area contributed by atoms with Crippen LogP contribution in [0, 0.1) is 25.2 Å². The second-order valence-electron chi connectivity index (χ2n) is 9.48. The minimum atomic E-state index is -1.70. The van der Waals surface area contributed by atoms with Crippen LogP contribution in [-0.2, 0) is 4.79 Å². The Bertz CT molecular complexity index is 766. The van der Waals surface area contributed by atoms with Gasteiger partial charge < -0.3 is 5.32 Å². The number of hydrogen-bond donors (Lipinski definition) is 1. The van der Waals surface area contributed by atoms with E-state index in [1.807, 2.05) is 26.0 Å². The van der Waals surface area contributed by atoms with E-state index in [-0.39, 0.29) is 16.6 Å². The van der Waals surface area contributed by atoms with E-state index in [1.54, 1.807) is 0 Å². The number of carbonyl (C=O) groups is 1. The summed E-state index contributed by atoms with van der Waals surface area (Å²) in [6.45, 7) is 10.7. The van der Waals surface area contributed by atoms with Gasteiger partial charge in [0, 0.05) is 18.5 Å². The molecule has 0 unspecified atom stereocenters. The third-order valence-corrected chi connectivity index (χ3v) is 13.5. The van der Waals surface area contributed by atoms with E-state index < -0.39 is 7.26 Å². The second-order valence-corrected chi connectivity index (χ2v) is 14.0. The van der Waals surface area contributed by atoms with Crippen molar-refractivity contribution in [1.82, 2.24) is 0 Å². The Kier molecular flexibility index (Phi) is 9.63. The number of nitrogens with one attached hydrogen (secondary N) is 1. The smallest absolute Gasteiger partial charge is 0.268 e. The SMILES string of the molecule is [B][C@@H](CCC)[P+](CCCC)(CCCC)C1(C(=O)Nc2c(C)cc(C#N)cc2C)CCC1. The molecule has 1 fully saturated rings. The number of anilines is 1. The average molecular weight is 439 g/mol. The molecule has 0 aromatic heterocycles. The highest BCUT2D eigenvalue weighted by Gasteiger charge is 2.66. The predicted molar refractivity (Wildman–Crippen MR) is 137 cm³/mol. The van der Waals surface area contributed by atoms with Gasteiger partial charge >= 0.3 is 0 Å². The van der Waals surface area contributed by atoms with Gasteiger partial charge in [-0.2, -0.15) is 5.26 Å². The standard InChI is InChI=1S/C26H40BN2OP/c1-6-9-15-31(16-10-7-2,23(27)12-8-3)26(13-11-14-26)25(30)29-24-20(4)17-22(19-28)18-21(24)5/h17-18,23H,6-16H2,1-5H3/p+1/t23-/m1/s1. The van der Waals surface area contributed by atoms with Gasteiger partial charge in [0.1, 0.15) is 7.85 Å². The highest BCUT2D eigenvalue weighted by Crippen LogP contribution is 2.78. The zero-order valence-corrected chi connectivity index (χ0v) is 21.3. The molecule has 1 aliphatic carbocycles. The summed E-state index contributed by atoms with van der Waals surface area (Å²) >= 11 is 0. The fourth-order valence-corrected chi connectivity index (χ4v) is 12.0. The molecule has 0 heterocycles. The van der Waals surface area contributed by atoms with Crippen LogP contribution in [0.2, 0.25) is 0 Å². The van der Waals surface area contributed by atoms with Gasteiger partial charge in [-0.25, -0.2) is 0 Å². The van der Waals surface area contributed by atoms with E-state index in [0.717, 1.165) is 74.1 Å². The first-order valence-corrected chi connectivity index (χ1v) is 14.5. The molecule has 0 aliphatic heterocycles. The molecule has 1 amide bonds. The van der Waals surface area contributed by atoms with Crippen molar-refractivity contribution in [3.8, 4) is 6.07 Å². The van der Waals surface area contributed by atoms with Gasteiger partial charge in [0.05, 0.1) is 24.0 Å². The topological polar surface area (TPSA) is 52.9 Å². The van der Waals surface area contributed by atoms with Gasteiger partial charge in [-0.15, -0.1) is 0 Å². The molecule has 3 nitrogen and oxygen atoms in total. The monoisotopic (exact) mass is 439 g/mol. The number of hydrogen-bond acceptors (Lipinski definition) is 2. The van der Waals surface area contributed by atoms with Gasteiger partial charge in [0.2, 0.25) is 0 Å². The number of nitriles is 1. The maximum Gasteiger partial charge on any atom is 0.268 e. The molecule has 1 saturated carbocycles. The zero-order valence-electron chi connectivity index (χ0n) is 20.4. The summed E-state index contributed by atoms with van der Waals surface area (Å²) < 4.78 is 0. The molecule has 1 N–H and O–H groups in total. The molecule has 1 aromatic rings. The quantitative estimate of drug-likeness (QED) is 0.283. The van der Waals surface area contributed by atoms with Crippen LogP contribution in [0.4, 0.5) is 5.69 Å². The Hall–Kier alpha value is -1.33. The fraction of sp³-hybridized carbons (Fsp3) is 0.692. The van der Waals surface area contributed by atoms with Crippen molar-refractivity contribution in [3.05, 3.63) is 28.8 Å². The summed E-state index contributed by atoms with van der Waals surface area (Å²) in [7, 11) is 5.31. The van der Waals surface area contributed by atoms with Crippen molar-refractivity contribution in [2.75, 3.05) is 17.6 Å². The minimum absolute atomic E-state index is 0.157. The van der Waals surface area contributed by atoms with Gasteiger partial charge in [-0.3, -0.25) is 4.79 Å². The van der Waals surface area contributed by atoms with Crippen LogP contribution in [-0.4, -0.2) is 36.8 Å². The van der Waals surface area contributed by atoms with Gasteiger partial charge in [0.15, 0.2) is 5.16 Å². The number of benzene rings is 1. The normalized spacial score (nSPS) is 16.3. The highest BCUT2D eigenvalue weighted by atomic mass is 31.2. The van der Waals surface area contributed by atoms with Crippen molar-refractivity contribution in [2.45, 2.75) is 103 Å². The number of nitrogens with zero attached hydrogens (tertiary/aromatic N) is 1. The lowest BCUT2D eigenvalue weighted by Crippen LogP contribution is -2.54. The average Bonchev–Trinajstić information content (AvgIpc) is 2.71. The molecule has 0 bridgehead atoms. The van der Waals surface area contributed by atoms with E-state index in [4.69, 9.17) is 7.85 Å². The maximum atomic E-state index is 14.1. The fourth-order valence-electron chi connectivity index (χ4n) is 5.45. The Balaban J connectivity index is 2.49. The van der Waals surface area contributed by atoms with E-state index in [1.165, 1.54) is 12.8 Å². The Morgan fingerprint density at radius 3 is 2.06 bits per heavy atom. The summed E-state index contributed by atoms with van der Waals surface area (Å²) in [5, 5.41) is 12.3. The first-order chi connectivity index (χ1) is 14.8. The molecular formula is C26H41BN2OP+. The van der Waals surface area contributed by atoms with Crippen molar-refractivity contribution in [3.63, 3.8) is 0 Å². The van der Waals surface area contributed by atoms with Crippen LogP contribution >= 0.6 is 7.26 Å². The molecule has 0 saturated heterocycles. The number of amides is 1. The molecule has 1 atom stereocenters. The van der Waals surface area contributed by atoms with E-state index >= 15 is 0 Å². The first kappa shape index (κ1) is 25.9. The summed E-state index contributed by atoms with van der Waals surface area (Å²) in [6.07, 6.45) is 12.1. The van der Waals surface area contributed by atoms with E-state index in [2.05, 4.69) is 32.2 Å². The number of aryl methyl sites for hydroxylation is 2. The van der Waals surface area contributed by atoms with Gasteiger partial charge in [-0.05, 0) is 75.6 Å². The van der Waals surface area contributed by atoms with Crippen molar-refractivity contribution >= 4 is 26.7 Å². The Morgan fingerprint density at radius 2 is 1.68 bits per heavy atom. The molecular weight excluding hydrogens is 398 g/mol. The lowest BCUT2D eigenvalue weighted by molar-refractivity contribution is -0.120. The minimum Gasteiger partial charge on any atom is -0.322 e. The van der Waals surface area contributed by atoms with Crippen molar-refractivity contribution in [1.29, 1.82) is 5.26 Å². The molecule has 2 radical (unpaired) electrons. The molecule has 1 aliphatic rings. The van der Waals surface area contributed by atoms with Crippen LogP contribution in [0.5, 0.6) is 0 Å². The molecule has 0 spiro atoms. The molecule has 1 aromatic carbocycles. The molecule has 31 heavy (non-hydrogen) atoms. The van der Waals surface area contributed by atoms with E-state index in [9.17, 15) is 10.1 Å². The van der Waals surface area contributed by atoms with Crippen LogP contribution in [0.1, 0.15) is 95.2 Å². The number of rotatable bonds is 12. The third-order valence-electron chi connectivity index (χ3n) is 7.40. The number of carbonyl (C=O) groups excluding carboxylic acids is 1. The molecule has 5 heteroatoms. The zero-order chi connectivity index (χ0) is 23.1. The maximum absolute atomic E-state index is 14.1. The second kappa shape index (κ2) is 11.5. The summed E-state index contributed by atoms with van der Waals surface area (Å²) in [5.74, 6) is 0.196. The van der Waals surface area contributed by atoms with Crippen LogP contribution in [0.25, 0.3) is 0 Å². The molecule has 168 valence electrons. The summed E-state index contributed by atoms with van der Waals surface area (Å²) in [6, 6.07) is 5.96. The third kappa shape index (κ3) is 5.19. The summed E-state index contributed by atoms with van der Waals surface area (Å²) in [5.41, 5.74) is 3.60. The molecule has 2 rings (SSSR count). The number of unbranched alkanes of at least 4 members (excludes halogenated alkanes) is 2. The Morgan fingerprint density at radius 1 is 1.13 bits per heavy atom. The highest BCUT2D eigenvalue weighted by molar-refractivity contribution is 7.80. The van der Waals surface area contributed by atoms with Crippen molar-refractivity contribution in [2.24, 2.45) is 0 Å². The first-order valence-electron chi connectivity index (χ1n) is 12.3. The Labute approximate surface area is 192 Å².